The lowest BCUT2D eigenvalue weighted by atomic mass is 9.93. The molecule has 1 amide bonds. The number of likely N-dealkylation sites (N-methyl/N-ethyl adjacent to an activating group) is 1. The molecule has 2 aromatic carbocycles. The standard InChI is InChI=1S/C27H35NO6/c1-18-15-21(13-14-23(18)32-7)24(28(6)26(31)34-27(3,4)5)22(29)16-19(2)25(30)33-17-20-11-9-8-10-12-20/h8-15,19,24H,16-17H2,1-7H3/t19-,24+/m1/s1. The number of aryl methyl sites for hydroxylation is 1. The van der Waals surface area contributed by atoms with E-state index in [0.29, 0.717) is 11.3 Å². The van der Waals surface area contributed by atoms with Crippen LogP contribution in [0.2, 0.25) is 0 Å². The van der Waals surface area contributed by atoms with Crippen LogP contribution in [0.4, 0.5) is 4.79 Å². The Labute approximate surface area is 202 Å². The molecule has 7 nitrogen and oxygen atoms in total. The number of rotatable bonds is 9. The Morgan fingerprint density at radius 3 is 2.24 bits per heavy atom. The summed E-state index contributed by atoms with van der Waals surface area (Å²) in [5.74, 6) is -0.762. The molecule has 0 spiro atoms. The molecular formula is C27H35NO6. The van der Waals surface area contributed by atoms with Gasteiger partial charge in [-0.25, -0.2) is 4.79 Å². The highest BCUT2D eigenvalue weighted by atomic mass is 16.6. The van der Waals surface area contributed by atoms with Gasteiger partial charge in [-0.3, -0.25) is 14.5 Å². The number of carbonyl (C=O) groups is 3. The van der Waals surface area contributed by atoms with Crippen molar-refractivity contribution in [1.29, 1.82) is 0 Å². The zero-order chi connectivity index (χ0) is 25.5. The van der Waals surface area contributed by atoms with Crippen LogP contribution in [0.15, 0.2) is 48.5 Å². The van der Waals surface area contributed by atoms with Crippen LogP contribution >= 0.6 is 0 Å². The topological polar surface area (TPSA) is 82.1 Å². The van der Waals surface area contributed by atoms with E-state index >= 15 is 0 Å². The van der Waals surface area contributed by atoms with E-state index in [-0.39, 0.29) is 18.8 Å². The lowest BCUT2D eigenvalue weighted by molar-refractivity contribution is -0.151. The first-order valence-electron chi connectivity index (χ1n) is 11.3. The fourth-order valence-electron chi connectivity index (χ4n) is 3.50. The number of Topliss-reactive ketones (excluding diaryl/α,β-unsaturated/α-hetero) is 1. The zero-order valence-electron chi connectivity index (χ0n) is 21.1. The second kappa shape index (κ2) is 11.7. The Morgan fingerprint density at radius 2 is 1.68 bits per heavy atom. The molecule has 0 aromatic heterocycles. The molecule has 0 fully saturated rings. The molecule has 184 valence electrons. The number of esters is 1. The first-order valence-corrected chi connectivity index (χ1v) is 11.3. The summed E-state index contributed by atoms with van der Waals surface area (Å²) in [6, 6.07) is 13.7. The second-order valence-electron chi connectivity index (χ2n) is 9.39. The lowest BCUT2D eigenvalue weighted by Gasteiger charge is -2.31. The third-order valence-electron chi connectivity index (χ3n) is 5.24. The predicted molar refractivity (Wildman–Crippen MR) is 129 cm³/mol. The molecule has 2 rings (SSSR count). The van der Waals surface area contributed by atoms with Gasteiger partial charge in [0, 0.05) is 13.5 Å². The van der Waals surface area contributed by atoms with Gasteiger partial charge < -0.3 is 14.2 Å². The molecule has 0 aliphatic heterocycles. The molecule has 0 unspecified atom stereocenters. The number of hydrogen-bond acceptors (Lipinski definition) is 6. The van der Waals surface area contributed by atoms with Gasteiger partial charge in [0.25, 0.3) is 0 Å². The first-order chi connectivity index (χ1) is 15.9. The van der Waals surface area contributed by atoms with Gasteiger partial charge in [0.15, 0.2) is 5.78 Å². The molecule has 0 aliphatic rings. The predicted octanol–water partition coefficient (Wildman–Crippen LogP) is 5.25. The van der Waals surface area contributed by atoms with Crippen molar-refractivity contribution in [2.75, 3.05) is 14.2 Å². The molecule has 0 radical (unpaired) electrons. The minimum Gasteiger partial charge on any atom is -0.496 e. The van der Waals surface area contributed by atoms with Gasteiger partial charge in [0.05, 0.1) is 13.0 Å². The highest BCUT2D eigenvalue weighted by Crippen LogP contribution is 2.29. The van der Waals surface area contributed by atoms with Crippen molar-refractivity contribution in [3.8, 4) is 5.75 Å². The highest BCUT2D eigenvalue weighted by Gasteiger charge is 2.33. The molecule has 2 aromatic rings. The van der Waals surface area contributed by atoms with Crippen molar-refractivity contribution < 1.29 is 28.6 Å². The van der Waals surface area contributed by atoms with Crippen molar-refractivity contribution in [3.05, 3.63) is 65.2 Å². The molecule has 7 heteroatoms. The van der Waals surface area contributed by atoms with Crippen molar-refractivity contribution in [2.45, 2.75) is 59.3 Å². The minimum absolute atomic E-state index is 0.0868. The minimum atomic E-state index is -0.927. The van der Waals surface area contributed by atoms with E-state index in [4.69, 9.17) is 14.2 Å². The third-order valence-corrected chi connectivity index (χ3v) is 5.24. The summed E-state index contributed by atoms with van der Waals surface area (Å²) in [4.78, 5) is 40.0. The van der Waals surface area contributed by atoms with E-state index in [9.17, 15) is 14.4 Å². The molecule has 0 aliphatic carbocycles. The maximum absolute atomic E-state index is 13.4. The Kier molecular flexibility index (Phi) is 9.24. The van der Waals surface area contributed by atoms with E-state index < -0.39 is 29.6 Å². The summed E-state index contributed by atoms with van der Waals surface area (Å²) in [7, 11) is 3.09. The van der Waals surface area contributed by atoms with E-state index in [2.05, 4.69) is 0 Å². The van der Waals surface area contributed by atoms with Crippen molar-refractivity contribution in [2.24, 2.45) is 5.92 Å². The monoisotopic (exact) mass is 469 g/mol. The largest absolute Gasteiger partial charge is 0.496 e. The normalized spacial score (nSPS) is 12.9. The summed E-state index contributed by atoms with van der Waals surface area (Å²) >= 11 is 0. The number of nitrogens with zero attached hydrogens (tertiary/aromatic N) is 1. The molecule has 0 bridgehead atoms. The summed E-state index contributed by atoms with van der Waals surface area (Å²) in [6.45, 7) is 8.93. The van der Waals surface area contributed by atoms with Gasteiger partial charge >= 0.3 is 12.1 Å². The molecule has 0 saturated carbocycles. The average Bonchev–Trinajstić information content (AvgIpc) is 2.77. The Balaban J connectivity index is 2.21. The summed E-state index contributed by atoms with van der Waals surface area (Å²) in [5, 5.41) is 0. The number of ether oxygens (including phenoxy) is 3. The third kappa shape index (κ3) is 7.61. The maximum atomic E-state index is 13.4. The molecule has 34 heavy (non-hydrogen) atoms. The van der Waals surface area contributed by atoms with E-state index in [1.807, 2.05) is 37.3 Å². The van der Waals surface area contributed by atoms with E-state index in [1.165, 1.54) is 11.9 Å². The number of carbonyl (C=O) groups excluding carboxylic acids is 3. The smallest absolute Gasteiger partial charge is 0.410 e. The van der Waals surface area contributed by atoms with Gasteiger partial charge in [-0.1, -0.05) is 43.3 Å². The van der Waals surface area contributed by atoms with Crippen LogP contribution in [0.25, 0.3) is 0 Å². The van der Waals surface area contributed by atoms with Crippen molar-refractivity contribution in [3.63, 3.8) is 0 Å². The Bertz CT molecular complexity index is 996. The lowest BCUT2D eigenvalue weighted by Crippen LogP contribution is -2.40. The quantitative estimate of drug-likeness (QED) is 0.467. The summed E-state index contributed by atoms with van der Waals surface area (Å²) in [5.41, 5.74) is 1.58. The van der Waals surface area contributed by atoms with Gasteiger partial charge in [0.1, 0.15) is 24.0 Å². The van der Waals surface area contributed by atoms with Crippen molar-refractivity contribution in [1.82, 2.24) is 4.90 Å². The van der Waals surface area contributed by atoms with Gasteiger partial charge in [-0.2, -0.15) is 0 Å². The number of ketones is 1. The van der Waals surface area contributed by atoms with Crippen LogP contribution in [0.1, 0.15) is 56.8 Å². The molecule has 0 N–H and O–H groups in total. The van der Waals surface area contributed by atoms with Gasteiger partial charge in [-0.15, -0.1) is 0 Å². The number of hydrogen-bond donors (Lipinski definition) is 0. The summed E-state index contributed by atoms with van der Waals surface area (Å²) in [6.07, 6.45) is -0.713. The Morgan fingerprint density at radius 1 is 1.03 bits per heavy atom. The number of methoxy groups -OCH3 is 1. The van der Waals surface area contributed by atoms with E-state index in [1.54, 1.807) is 53.0 Å². The Hall–Kier alpha value is -3.35. The summed E-state index contributed by atoms with van der Waals surface area (Å²) < 4.78 is 16.2. The van der Waals surface area contributed by atoms with Crippen LogP contribution < -0.4 is 4.74 Å². The molecule has 0 heterocycles. The molecule has 0 saturated heterocycles. The van der Waals surface area contributed by atoms with Crippen LogP contribution in [-0.2, 0) is 25.7 Å². The van der Waals surface area contributed by atoms with Gasteiger partial charge in [-0.05, 0) is 56.5 Å². The number of benzene rings is 2. The maximum Gasteiger partial charge on any atom is 0.410 e. The van der Waals surface area contributed by atoms with Crippen molar-refractivity contribution >= 4 is 17.8 Å². The van der Waals surface area contributed by atoms with Gasteiger partial charge in [0.2, 0.25) is 0 Å². The van der Waals surface area contributed by atoms with Crippen LogP contribution in [-0.4, -0.2) is 42.5 Å². The number of amides is 1. The molecule has 2 atom stereocenters. The fourth-order valence-corrected chi connectivity index (χ4v) is 3.50. The van der Waals surface area contributed by atoms with Crippen LogP contribution in [0.3, 0.4) is 0 Å². The average molecular weight is 470 g/mol. The SMILES string of the molecule is COc1ccc([C@@H](C(=O)C[C@@H](C)C(=O)OCc2ccccc2)N(C)C(=O)OC(C)(C)C)cc1C. The first kappa shape index (κ1) is 26.9. The highest BCUT2D eigenvalue weighted by molar-refractivity contribution is 5.91. The second-order valence-corrected chi connectivity index (χ2v) is 9.39. The fraction of sp³-hybridized carbons (Fsp3) is 0.444. The van der Waals surface area contributed by atoms with Crippen LogP contribution in [0, 0.1) is 12.8 Å². The van der Waals surface area contributed by atoms with E-state index in [0.717, 1.165) is 11.1 Å². The van der Waals surface area contributed by atoms with Crippen LogP contribution in [0.5, 0.6) is 5.75 Å². The zero-order valence-corrected chi connectivity index (χ0v) is 21.1. The molecular weight excluding hydrogens is 434 g/mol.